The molecular weight excluding hydrogens is 361 g/mol. The van der Waals surface area contributed by atoms with Gasteiger partial charge in [0.2, 0.25) is 4.80 Å². The molecule has 1 aromatic carbocycles. The van der Waals surface area contributed by atoms with E-state index in [0.717, 1.165) is 58.7 Å². The van der Waals surface area contributed by atoms with Crippen molar-refractivity contribution in [3.63, 3.8) is 0 Å². The minimum Gasteiger partial charge on any atom is -0.256 e. The third-order valence-corrected chi connectivity index (χ3v) is 6.49. The molecule has 0 bridgehead atoms. The van der Waals surface area contributed by atoms with E-state index in [1.165, 1.54) is 11.3 Å². The van der Waals surface area contributed by atoms with E-state index in [2.05, 4.69) is 25.7 Å². The van der Waals surface area contributed by atoms with Crippen LogP contribution < -0.4 is 9.67 Å². The first-order chi connectivity index (χ1) is 11.2. The smallest absolute Gasteiger partial charge is 0.256 e. The van der Waals surface area contributed by atoms with Crippen molar-refractivity contribution >= 4 is 41.8 Å². The Morgan fingerprint density at radius 3 is 2.62 bits per heavy atom. The maximum Gasteiger partial charge on any atom is 0.325 e. The standard InChI is InChI=1S/C17H23ClN3OPS/c1-12-9-14(18)13(11-23(2,3)4)10-15(12)19-16-20-7-5-6-8-21(20)17(22)24-16/h9-10H,2,5-8,11H2,1,3-4H3. The van der Waals surface area contributed by atoms with E-state index in [1.54, 1.807) is 0 Å². The van der Waals surface area contributed by atoms with Gasteiger partial charge in [-0.15, -0.1) is 13.2 Å². The molecule has 0 unspecified atom stereocenters. The summed E-state index contributed by atoms with van der Waals surface area (Å²) in [6, 6.07) is 4.04. The molecule has 0 N–H and O–H groups in total. The number of rotatable bonds is 3. The molecule has 0 aliphatic carbocycles. The average Bonchev–Trinajstić information content (AvgIpc) is 2.80. The van der Waals surface area contributed by atoms with Gasteiger partial charge in [0.15, 0.2) is 0 Å². The number of aromatic nitrogens is 2. The summed E-state index contributed by atoms with van der Waals surface area (Å²) in [7, 11) is 0. The van der Waals surface area contributed by atoms with Gasteiger partial charge in [0.25, 0.3) is 0 Å². The number of hydrogen-bond donors (Lipinski definition) is 0. The van der Waals surface area contributed by atoms with Gasteiger partial charge in [-0.25, -0.2) is 9.67 Å². The SMILES string of the molecule is C=P(C)(C)Cc1cc(N=c2sc(=O)n3n2CCCC3)c(C)cc1Cl. The van der Waals surface area contributed by atoms with Crippen LogP contribution in [-0.2, 0) is 19.3 Å². The largest absolute Gasteiger partial charge is 0.325 e. The van der Waals surface area contributed by atoms with E-state index in [-0.39, 0.29) is 4.87 Å². The molecule has 3 rings (SSSR count). The Morgan fingerprint density at radius 2 is 1.96 bits per heavy atom. The first-order valence-electron chi connectivity index (χ1n) is 8.06. The quantitative estimate of drug-likeness (QED) is 0.741. The van der Waals surface area contributed by atoms with Crippen molar-refractivity contribution in [2.24, 2.45) is 4.99 Å². The molecule has 0 atom stereocenters. The van der Waals surface area contributed by atoms with Gasteiger partial charge in [0.1, 0.15) is 0 Å². The van der Waals surface area contributed by atoms with Crippen LogP contribution in [0.5, 0.6) is 0 Å². The van der Waals surface area contributed by atoms with E-state index in [9.17, 15) is 4.79 Å². The molecule has 1 aliphatic heterocycles. The van der Waals surface area contributed by atoms with Crippen molar-refractivity contribution in [1.29, 1.82) is 0 Å². The molecule has 7 heteroatoms. The van der Waals surface area contributed by atoms with E-state index in [4.69, 9.17) is 16.6 Å². The maximum absolute atomic E-state index is 12.1. The number of benzene rings is 1. The van der Waals surface area contributed by atoms with Gasteiger partial charge in [-0.2, -0.15) is 0 Å². The van der Waals surface area contributed by atoms with Crippen molar-refractivity contribution < 1.29 is 0 Å². The lowest BCUT2D eigenvalue weighted by molar-refractivity contribution is 0.345. The minimum atomic E-state index is -1.23. The van der Waals surface area contributed by atoms with E-state index in [1.807, 2.05) is 22.4 Å². The van der Waals surface area contributed by atoms with Gasteiger partial charge >= 0.3 is 4.87 Å². The summed E-state index contributed by atoms with van der Waals surface area (Å²) in [6.45, 7) is 6.82. The number of nitrogens with zero attached hydrogens (tertiary/aromatic N) is 3. The van der Waals surface area contributed by atoms with E-state index >= 15 is 0 Å². The second-order valence-corrected chi connectivity index (χ2v) is 12.6. The zero-order valence-corrected chi connectivity index (χ0v) is 16.8. The first kappa shape index (κ1) is 17.8. The zero-order valence-electron chi connectivity index (χ0n) is 14.4. The van der Waals surface area contributed by atoms with Crippen LogP contribution in [0.1, 0.15) is 24.0 Å². The number of fused-ring (bicyclic) bond motifs is 1. The van der Waals surface area contributed by atoms with E-state index < -0.39 is 6.89 Å². The Labute approximate surface area is 151 Å². The van der Waals surface area contributed by atoms with Crippen molar-refractivity contribution in [2.75, 3.05) is 13.3 Å². The zero-order chi connectivity index (χ0) is 17.5. The molecule has 1 aliphatic rings. The molecule has 0 spiro atoms. The Bertz CT molecular complexity index is 948. The van der Waals surface area contributed by atoms with Crippen LogP contribution in [0.4, 0.5) is 5.69 Å². The molecule has 2 aromatic rings. The monoisotopic (exact) mass is 383 g/mol. The molecular formula is C17H23ClN3OPS. The van der Waals surface area contributed by atoms with Crippen molar-refractivity contribution in [3.05, 3.63) is 42.8 Å². The number of halogens is 1. The first-order valence-corrected chi connectivity index (χ1v) is 12.3. The van der Waals surface area contributed by atoms with Crippen molar-refractivity contribution in [3.8, 4) is 0 Å². The lowest BCUT2D eigenvalue weighted by Crippen LogP contribution is -2.31. The Balaban J connectivity index is 2.12. The van der Waals surface area contributed by atoms with Crippen LogP contribution in [-0.4, -0.2) is 29.0 Å². The lowest BCUT2D eigenvalue weighted by atomic mass is 10.1. The van der Waals surface area contributed by atoms with Gasteiger partial charge in [0.05, 0.1) is 5.69 Å². The van der Waals surface area contributed by atoms with Crippen LogP contribution in [0.25, 0.3) is 0 Å². The molecule has 130 valence electrons. The van der Waals surface area contributed by atoms with Crippen LogP contribution in [0.15, 0.2) is 21.9 Å². The number of hydrogen-bond acceptors (Lipinski definition) is 3. The highest BCUT2D eigenvalue weighted by atomic mass is 35.5. The van der Waals surface area contributed by atoms with Crippen LogP contribution in [0.3, 0.4) is 0 Å². The molecule has 0 saturated carbocycles. The van der Waals surface area contributed by atoms with Crippen molar-refractivity contribution in [2.45, 2.75) is 39.0 Å². The fourth-order valence-electron chi connectivity index (χ4n) is 2.93. The summed E-state index contributed by atoms with van der Waals surface area (Å²) in [4.78, 5) is 17.8. The summed E-state index contributed by atoms with van der Waals surface area (Å²) in [6.07, 6.45) is 7.32. The Morgan fingerprint density at radius 1 is 1.29 bits per heavy atom. The molecule has 0 saturated heterocycles. The topological polar surface area (TPSA) is 39.3 Å². The predicted molar refractivity (Wildman–Crippen MR) is 107 cm³/mol. The fourth-order valence-corrected chi connectivity index (χ4v) is 5.38. The summed E-state index contributed by atoms with van der Waals surface area (Å²) < 4.78 is 3.83. The van der Waals surface area contributed by atoms with Crippen LogP contribution in [0, 0.1) is 6.92 Å². The average molecular weight is 384 g/mol. The highest BCUT2D eigenvalue weighted by Crippen LogP contribution is 2.42. The highest BCUT2D eigenvalue weighted by Gasteiger charge is 2.14. The fraction of sp³-hybridized carbons (Fsp3) is 0.471. The molecule has 24 heavy (non-hydrogen) atoms. The normalized spacial score (nSPS) is 15.6. The number of aryl methyl sites for hydroxylation is 1. The summed E-state index contributed by atoms with van der Waals surface area (Å²) in [5.74, 6) is 0. The molecule has 2 heterocycles. The lowest BCUT2D eigenvalue weighted by Gasteiger charge is -2.16. The maximum atomic E-state index is 12.1. The van der Waals surface area contributed by atoms with E-state index in [0.29, 0.717) is 0 Å². The van der Waals surface area contributed by atoms with Crippen LogP contribution >= 0.6 is 29.8 Å². The summed E-state index contributed by atoms with van der Waals surface area (Å²) >= 11 is 7.64. The van der Waals surface area contributed by atoms with Crippen LogP contribution in [0.2, 0.25) is 5.02 Å². The second kappa shape index (κ2) is 6.70. The van der Waals surface area contributed by atoms with Gasteiger partial charge in [0, 0.05) is 18.1 Å². The van der Waals surface area contributed by atoms with Gasteiger partial charge in [-0.3, -0.25) is 9.48 Å². The molecule has 0 fully saturated rings. The summed E-state index contributed by atoms with van der Waals surface area (Å²) in [5, 5.41) is 0.780. The van der Waals surface area contributed by atoms with Gasteiger partial charge in [-0.05, 0) is 73.9 Å². The molecule has 0 amide bonds. The Kier molecular flexibility index (Phi) is 4.96. The second-order valence-electron chi connectivity index (χ2n) is 7.04. The van der Waals surface area contributed by atoms with Gasteiger partial charge < -0.3 is 0 Å². The van der Waals surface area contributed by atoms with Crippen molar-refractivity contribution in [1.82, 2.24) is 9.36 Å². The minimum absolute atomic E-state index is 0.0742. The Hall–Kier alpha value is -1.03. The highest BCUT2D eigenvalue weighted by molar-refractivity contribution is 7.71. The third kappa shape index (κ3) is 3.79. The molecule has 1 aromatic heterocycles. The van der Waals surface area contributed by atoms with Gasteiger partial charge in [-0.1, -0.05) is 11.6 Å². The summed E-state index contributed by atoms with van der Waals surface area (Å²) in [5.41, 5.74) is 3.02. The third-order valence-electron chi connectivity index (χ3n) is 4.07. The molecule has 4 nitrogen and oxygen atoms in total. The predicted octanol–water partition coefficient (Wildman–Crippen LogP) is 3.91. The molecule has 0 radical (unpaired) electrons.